The molecule has 0 saturated heterocycles. The van der Waals surface area contributed by atoms with Crippen molar-refractivity contribution < 1.29 is 4.79 Å². The van der Waals surface area contributed by atoms with Crippen molar-refractivity contribution in [3.05, 3.63) is 53.1 Å². The Morgan fingerprint density at radius 3 is 2.87 bits per heavy atom. The Hall–Kier alpha value is -2.07. The Bertz CT molecular complexity index is 664. The first-order valence-corrected chi connectivity index (χ1v) is 8.01. The van der Waals surface area contributed by atoms with Gasteiger partial charge < -0.3 is 5.32 Å². The van der Waals surface area contributed by atoms with E-state index in [0.29, 0.717) is 10.9 Å². The summed E-state index contributed by atoms with van der Waals surface area (Å²) < 4.78 is 0. The van der Waals surface area contributed by atoms with Gasteiger partial charge in [-0.15, -0.1) is 0 Å². The van der Waals surface area contributed by atoms with Gasteiger partial charge in [0.05, 0.1) is 23.0 Å². The molecule has 0 heterocycles. The van der Waals surface area contributed by atoms with Crippen LogP contribution in [0.4, 0.5) is 5.69 Å². The molecule has 0 radical (unpaired) electrons. The predicted octanol–water partition coefficient (Wildman–Crippen LogP) is 4.16. The van der Waals surface area contributed by atoms with Gasteiger partial charge in [0.25, 0.3) is 5.91 Å². The zero-order valence-corrected chi connectivity index (χ0v) is 14.3. The highest BCUT2D eigenvalue weighted by Gasteiger charge is 2.18. The number of hydrogen-bond acceptors (Lipinski definition) is 3. The summed E-state index contributed by atoms with van der Waals surface area (Å²) in [4.78, 5) is 11.9. The molecule has 2 N–H and O–H groups in total. The molecule has 1 aliphatic rings. The molecule has 1 aromatic rings. The van der Waals surface area contributed by atoms with E-state index in [1.54, 1.807) is 6.07 Å². The third-order valence-corrected chi connectivity index (χ3v) is 4.26. The third kappa shape index (κ3) is 4.96. The van der Waals surface area contributed by atoms with Gasteiger partial charge in [0.1, 0.15) is 0 Å². The third-order valence-electron chi connectivity index (χ3n) is 3.93. The fourth-order valence-electron chi connectivity index (χ4n) is 2.37. The van der Waals surface area contributed by atoms with Crippen LogP contribution in [0.1, 0.15) is 26.7 Å². The maximum absolute atomic E-state index is 11.9. The van der Waals surface area contributed by atoms with Crippen molar-refractivity contribution in [2.75, 3.05) is 11.9 Å². The first-order valence-electron chi connectivity index (χ1n) is 7.63. The number of nitrogens with zero attached hydrogens (tertiary/aromatic N) is 1. The molecule has 1 aliphatic carbocycles. The molecule has 1 atom stereocenters. The van der Waals surface area contributed by atoms with Gasteiger partial charge in [0.15, 0.2) is 0 Å². The number of para-hydroxylation sites is 1. The van der Waals surface area contributed by atoms with Gasteiger partial charge in [-0.2, -0.15) is 5.10 Å². The summed E-state index contributed by atoms with van der Waals surface area (Å²) in [6.07, 6.45) is 3.95. The smallest absolute Gasteiger partial charge is 0.259 e. The first kappa shape index (κ1) is 17.3. The highest BCUT2D eigenvalue weighted by molar-refractivity contribution is 6.33. The van der Waals surface area contributed by atoms with Gasteiger partial charge in [0, 0.05) is 0 Å². The summed E-state index contributed by atoms with van der Waals surface area (Å²) in [5.41, 5.74) is 6.51. The first-order chi connectivity index (χ1) is 11.0. The Labute approximate surface area is 142 Å². The quantitative estimate of drug-likeness (QED) is 0.629. The summed E-state index contributed by atoms with van der Waals surface area (Å²) in [7, 11) is 0. The van der Waals surface area contributed by atoms with Crippen LogP contribution < -0.4 is 10.7 Å². The minimum absolute atomic E-state index is 0.118. The van der Waals surface area contributed by atoms with Crippen LogP contribution in [-0.2, 0) is 4.79 Å². The molecule has 0 aliphatic heterocycles. The van der Waals surface area contributed by atoms with E-state index in [0.717, 1.165) is 35.4 Å². The number of hydrogen-bond donors (Lipinski definition) is 2. The Morgan fingerprint density at radius 2 is 2.17 bits per heavy atom. The lowest BCUT2D eigenvalue weighted by molar-refractivity contribution is -0.119. The average molecular weight is 332 g/mol. The average Bonchev–Trinajstić information content (AvgIpc) is 2.53. The molecule has 0 aromatic heterocycles. The number of nitrogens with one attached hydrogen (secondary N) is 2. The van der Waals surface area contributed by atoms with E-state index in [9.17, 15) is 4.79 Å². The van der Waals surface area contributed by atoms with Crippen molar-refractivity contribution in [2.45, 2.75) is 26.7 Å². The van der Waals surface area contributed by atoms with Gasteiger partial charge in [-0.3, -0.25) is 4.79 Å². The summed E-state index contributed by atoms with van der Waals surface area (Å²) >= 11 is 6.03. The zero-order chi connectivity index (χ0) is 16.8. The van der Waals surface area contributed by atoms with Crippen LogP contribution >= 0.6 is 11.6 Å². The highest BCUT2D eigenvalue weighted by Crippen LogP contribution is 2.26. The van der Waals surface area contributed by atoms with Crippen molar-refractivity contribution >= 4 is 28.9 Å². The molecule has 1 amide bonds. The largest absolute Gasteiger partial charge is 0.375 e. The maximum Gasteiger partial charge on any atom is 0.259 e. The lowest BCUT2D eigenvalue weighted by atomic mass is 9.85. The zero-order valence-electron chi connectivity index (χ0n) is 13.5. The van der Waals surface area contributed by atoms with Crippen molar-refractivity contribution in [3.8, 4) is 0 Å². The van der Waals surface area contributed by atoms with Crippen molar-refractivity contribution in [2.24, 2.45) is 11.0 Å². The molecule has 1 unspecified atom stereocenters. The van der Waals surface area contributed by atoms with Crippen LogP contribution in [0.15, 0.2) is 53.2 Å². The van der Waals surface area contributed by atoms with Crippen molar-refractivity contribution in [1.82, 2.24) is 5.43 Å². The van der Waals surface area contributed by atoms with Crippen LogP contribution in [0.25, 0.3) is 0 Å². The monoisotopic (exact) mass is 331 g/mol. The molecular formula is C18H22ClN3O. The molecule has 2 rings (SSSR count). The van der Waals surface area contributed by atoms with Gasteiger partial charge >= 0.3 is 0 Å². The summed E-state index contributed by atoms with van der Waals surface area (Å²) in [5, 5.41) is 7.85. The molecular weight excluding hydrogens is 310 g/mol. The summed E-state index contributed by atoms with van der Waals surface area (Å²) in [5.74, 6) is 0.193. The lowest BCUT2D eigenvalue weighted by Crippen LogP contribution is -2.28. The Balaban J connectivity index is 1.90. The van der Waals surface area contributed by atoms with E-state index in [1.165, 1.54) is 0 Å². The second-order valence-electron chi connectivity index (χ2n) is 5.80. The van der Waals surface area contributed by atoms with E-state index in [1.807, 2.05) is 32.0 Å². The van der Waals surface area contributed by atoms with Crippen LogP contribution in [0.2, 0.25) is 5.02 Å². The number of halogens is 1. The van der Waals surface area contributed by atoms with Crippen LogP contribution in [0.3, 0.4) is 0 Å². The molecule has 0 spiro atoms. The van der Waals surface area contributed by atoms with Gasteiger partial charge in [-0.1, -0.05) is 42.0 Å². The lowest BCUT2D eigenvalue weighted by Gasteiger charge is -2.22. The van der Waals surface area contributed by atoms with Crippen LogP contribution in [0.5, 0.6) is 0 Å². The molecule has 5 heteroatoms. The number of carbonyl (C=O) groups is 1. The number of benzene rings is 1. The second-order valence-corrected chi connectivity index (χ2v) is 6.20. The molecule has 122 valence electrons. The Morgan fingerprint density at radius 1 is 1.43 bits per heavy atom. The minimum atomic E-state index is -0.206. The fourth-order valence-corrected chi connectivity index (χ4v) is 2.58. The number of anilines is 1. The van der Waals surface area contributed by atoms with Crippen molar-refractivity contribution in [1.29, 1.82) is 0 Å². The van der Waals surface area contributed by atoms with Gasteiger partial charge in [-0.25, -0.2) is 5.43 Å². The molecule has 23 heavy (non-hydrogen) atoms. The molecule has 0 bridgehead atoms. The van der Waals surface area contributed by atoms with E-state index >= 15 is 0 Å². The highest BCUT2D eigenvalue weighted by atomic mass is 35.5. The number of amides is 1. The number of rotatable bonds is 5. The van der Waals surface area contributed by atoms with E-state index < -0.39 is 0 Å². The number of hydrazone groups is 1. The summed E-state index contributed by atoms with van der Waals surface area (Å²) in [6, 6.07) is 7.30. The fraction of sp³-hybridized carbons (Fsp3) is 0.333. The number of carbonyl (C=O) groups excluding carboxylic acids is 1. The molecule has 0 saturated carbocycles. The molecule has 0 fully saturated rings. The predicted molar refractivity (Wildman–Crippen MR) is 96.8 cm³/mol. The van der Waals surface area contributed by atoms with E-state index in [-0.39, 0.29) is 12.5 Å². The van der Waals surface area contributed by atoms with Crippen LogP contribution in [0, 0.1) is 5.92 Å². The normalized spacial score (nSPS) is 19.2. The standard InChI is InChI=1S/C18H22ClN3O/c1-12(2)14-9-8-13(3)17(10-14)21-22-18(23)11-20-16-7-5-4-6-15(16)19/h4-8,14,20H,1,9-11H2,2-3H3,(H,22,23)/b21-17+. The molecule has 1 aromatic carbocycles. The van der Waals surface area contributed by atoms with Gasteiger partial charge in [-0.05, 0) is 50.3 Å². The van der Waals surface area contributed by atoms with E-state index in [2.05, 4.69) is 28.5 Å². The second kappa shape index (κ2) is 7.97. The number of allylic oxidation sites excluding steroid dienone is 3. The van der Waals surface area contributed by atoms with Gasteiger partial charge in [0.2, 0.25) is 0 Å². The minimum Gasteiger partial charge on any atom is -0.375 e. The molecule has 4 nitrogen and oxygen atoms in total. The van der Waals surface area contributed by atoms with E-state index in [4.69, 9.17) is 11.6 Å². The van der Waals surface area contributed by atoms with Crippen LogP contribution in [-0.4, -0.2) is 18.2 Å². The topological polar surface area (TPSA) is 53.5 Å². The maximum atomic E-state index is 11.9. The van der Waals surface area contributed by atoms with Crippen molar-refractivity contribution in [3.63, 3.8) is 0 Å². The Kier molecular flexibility index (Phi) is 5.99. The summed E-state index contributed by atoms with van der Waals surface area (Å²) in [6.45, 7) is 8.18. The SMILES string of the molecule is C=C(C)C1CC=C(C)/C(=N/NC(=O)CNc2ccccc2Cl)C1.